The van der Waals surface area contributed by atoms with E-state index < -0.39 is 6.36 Å². The van der Waals surface area contributed by atoms with Crippen molar-refractivity contribution in [2.75, 3.05) is 6.54 Å². The molecule has 0 aliphatic carbocycles. The Morgan fingerprint density at radius 2 is 1.96 bits per heavy atom. The smallest absolute Gasteiger partial charge is 0.406 e. The van der Waals surface area contributed by atoms with Gasteiger partial charge in [0.15, 0.2) is 0 Å². The van der Waals surface area contributed by atoms with Gasteiger partial charge in [0.25, 0.3) is 0 Å². The Kier molecular flexibility index (Phi) is 4.54. The third-order valence-electron chi connectivity index (χ3n) is 4.26. The largest absolute Gasteiger partial charge is 0.573 e. The van der Waals surface area contributed by atoms with Crippen molar-refractivity contribution in [1.29, 1.82) is 0 Å². The van der Waals surface area contributed by atoms with Gasteiger partial charge in [-0.15, -0.1) is 13.2 Å². The van der Waals surface area contributed by atoms with Gasteiger partial charge in [-0.25, -0.2) is 4.68 Å². The van der Waals surface area contributed by atoms with E-state index in [1.54, 1.807) is 16.8 Å². The number of aromatic nitrogens is 2. The molecule has 7 heteroatoms. The average Bonchev–Trinajstić information content (AvgIpc) is 2.88. The molecule has 24 heavy (non-hydrogen) atoms. The van der Waals surface area contributed by atoms with Crippen molar-refractivity contribution in [2.45, 2.75) is 45.0 Å². The third-order valence-corrected chi connectivity index (χ3v) is 4.26. The minimum absolute atomic E-state index is 0.233. The zero-order chi connectivity index (χ0) is 17.3. The molecule has 1 aromatic heterocycles. The van der Waals surface area contributed by atoms with E-state index >= 15 is 0 Å². The van der Waals surface area contributed by atoms with Gasteiger partial charge in [0.2, 0.25) is 0 Å². The van der Waals surface area contributed by atoms with Gasteiger partial charge >= 0.3 is 6.36 Å². The number of aryl methyl sites for hydroxylation is 1. The van der Waals surface area contributed by atoms with Gasteiger partial charge in [-0.1, -0.05) is 0 Å². The van der Waals surface area contributed by atoms with Crippen molar-refractivity contribution in [3.05, 3.63) is 41.7 Å². The SMILES string of the molecule is Cc1cc(C2CCNC(C)C2)nn1-c1ccc(OC(F)(F)F)cc1. The summed E-state index contributed by atoms with van der Waals surface area (Å²) < 4.78 is 42.3. The number of halogens is 3. The topological polar surface area (TPSA) is 39.1 Å². The summed E-state index contributed by atoms with van der Waals surface area (Å²) in [7, 11) is 0. The molecule has 4 nitrogen and oxygen atoms in total. The van der Waals surface area contributed by atoms with E-state index in [1.165, 1.54) is 12.1 Å². The highest BCUT2D eigenvalue weighted by atomic mass is 19.4. The van der Waals surface area contributed by atoms with Crippen LogP contribution in [0.4, 0.5) is 13.2 Å². The highest BCUT2D eigenvalue weighted by molar-refractivity contribution is 5.38. The van der Waals surface area contributed by atoms with Gasteiger partial charge < -0.3 is 10.1 Å². The first kappa shape index (κ1) is 16.8. The van der Waals surface area contributed by atoms with Crippen LogP contribution in [0.5, 0.6) is 5.75 Å². The average molecular weight is 339 g/mol. The molecule has 1 fully saturated rings. The molecular formula is C17H20F3N3O. The van der Waals surface area contributed by atoms with E-state index in [4.69, 9.17) is 0 Å². The molecule has 2 atom stereocenters. The van der Waals surface area contributed by atoms with Crippen LogP contribution in [0.15, 0.2) is 30.3 Å². The fourth-order valence-electron chi connectivity index (χ4n) is 3.15. The molecule has 1 N–H and O–H groups in total. The fourth-order valence-corrected chi connectivity index (χ4v) is 3.15. The van der Waals surface area contributed by atoms with Crippen LogP contribution in [-0.4, -0.2) is 28.7 Å². The van der Waals surface area contributed by atoms with Crippen LogP contribution in [0, 0.1) is 6.92 Å². The zero-order valence-electron chi connectivity index (χ0n) is 13.6. The molecule has 0 saturated carbocycles. The Labute approximate surface area is 138 Å². The van der Waals surface area contributed by atoms with Crippen LogP contribution in [0.1, 0.15) is 37.1 Å². The molecule has 130 valence electrons. The number of nitrogens with zero attached hydrogens (tertiary/aromatic N) is 2. The maximum Gasteiger partial charge on any atom is 0.573 e. The number of nitrogens with one attached hydrogen (secondary N) is 1. The van der Waals surface area contributed by atoms with Crippen molar-refractivity contribution in [3.63, 3.8) is 0 Å². The number of ether oxygens (including phenoxy) is 1. The van der Waals surface area contributed by atoms with Crippen molar-refractivity contribution >= 4 is 0 Å². The molecule has 2 heterocycles. The predicted molar refractivity (Wildman–Crippen MR) is 84.4 cm³/mol. The van der Waals surface area contributed by atoms with Gasteiger partial charge in [0.1, 0.15) is 5.75 Å². The number of piperidine rings is 1. The van der Waals surface area contributed by atoms with E-state index in [9.17, 15) is 13.2 Å². The molecule has 2 unspecified atom stereocenters. The first-order valence-electron chi connectivity index (χ1n) is 7.98. The second kappa shape index (κ2) is 6.47. The maximum atomic E-state index is 12.2. The first-order valence-corrected chi connectivity index (χ1v) is 7.98. The summed E-state index contributed by atoms with van der Waals surface area (Å²) in [5, 5.41) is 8.09. The zero-order valence-corrected chi connectivity index (χ0v) is 13.6. The molecule has 3 rings (SSSR count). The third kappa shape index (κ3) is 3.90. The molecule has 1 aromatic carbocycles. The normalized spacial score (nSPS) is 21.7. The highest BCUT2D eigenvalue weighted by Crippen LogP contribution is 2.29. The van der Waals surface area contributed by atoms with Crippen LogP contribution in [0.25, 0.3) is 5.69 Å². The lowest BCUT2D eigenvalue weighted by atomic mass is 9.90. The lowest BCUT2D eigenvalue weighted by molar-refractivity contribution is -0.274. The predicted octanol–water partition coefficient (Wildman–Crippen LogP) is 3.93. The monoisotopic (exact) mass is 339 g/mol. The van der Waals surface area contributed by atoms with E-state index in [2.05, 4.69) is 28.1 Å². The molecule has 0 radical (unpaired) electrons. The van der Waals surface area contributed by atoms with Gasteiger partial charge in [0, 0.05) is 17.7 Å². The Morgan fingerprint density at radius 3 is 2.58 bits per heavy atom. The summed E-state index contributed by atoms with van der Waals surface area (Å²) in [5.74, 6) is 0.178. The summed E-state index contributed by atoms with van der Waals surface area (Å²) in [6.07, 6.45) is -2.60. The molecular weight excluding hydrogens is 319 g/mol. The van der Waals surface area contributed by atoms with Crippen LogP contribution in [-0.2, 0) is 0 Å². The Bertz CT molecular complexity index is 694. The number of hydrogen-bond acceptors (Lipinski definition) is 3. The standard InChI is InChI=1S/C17H20F3N3O/c1-11-9-13(7-8-21-11)16-10-12(2)23(22-16)14-3-5-15(6-4-14)24-17(18,19)20/h3-6,10-11,13,21H,7-9H2,1-2H3. The molecule has 1 aliphatic rings. The Morgan fingerprint density at radius 1 is 1.25 bits per heavy atom. The molecule has 1 aliphatic heterocycles. The summed E-state index contributed by atoms with van der Waals surface area (Å²) in [5.41, 5.74) is 2.72. The van der Waals surface area contributed by atoms with Crippen molar-refractivity contribution in [1.82, 2.24) is 15.1 Å². The number of alkyl halides is 3. The number of benzene rings is 1. The van der Waals surface area contributed by atoms with Crippen LogP contribution < -0.4 is 10.1 Å². The highest BCUT2D eigenvalue weighted by Gasteiger charge is 2.31. The minimum atomic E-state index is -4.68. The van der Waals surface area contributed by atoms with E-state index in [-0.39, 0.29) is 5.75 Å². The van der Waals surface area contributed by atoms with Gasteiger partial charge in [0.05, 0.1) is 11.4 Å². The summed E-state index contributed by atoms with van der Waals surface area (Å²) in [6, 6.07) is 8.29. The molecule has 0 amide bonds. The second-order valence-corrected chi connectivity index (χ2v) is 6.24. The molecule has 1 saturated heterocycles. The van der Waals surface area contributed by atoms with Crippen molar-refractivity contribution in [3.8, 4) is 11.4 Å². The van der Waals surface area contributed by atoms with Crippen molar-refractivity contribution < 1.29 is 17.9 Å². The quantitative estimate of drug-likeness (QED) is 0.921. The van der Waals surface area contributed by atoms with Crippen LogP contribution in [0.3, 0.4) is 0 Å². The molecule has 0 spiro atoms. The summed E-state index contributed by atoms with van der Waals surface area (Å²) in [4.78, 5) is 0. The molecule has 0 bridgehead atoms. The van der Waals surface area contributed by atoms with E-state index in [1.807, 2.05) is 6.92 Å². The van der Waals surface area contributed by atoms with E-state index in [0.717, 1.165) is 36.5 Å². The first-order chi connectivity index (χ1) is 11.3. The second-order valence-electron chi connectivity index (χ2n) is 6.24. The van der Waals surface area contributed by atoms with E-state index in [0.29, 0.717) is 12.0 Å². The van der Waals surface area contributed by atoms with Crippen LogP contribution in [0.2, 0.25) is 0 Å². The molecule has 2 aromatic rings. The summed E-state index contributed by atoms with van der Waals surface area (Å²) in [6.45, 7) is 5.08. The van der Waals surface area contributed by atoms with Gasteiger partial charge in [-0.05, 0) is 63.6 Å². The lowest BCUT2D eigenvalue weighted by Crippen LogP contribution is -2.35. The van der Waals surface area contributed by atoms with Gasteiger partial charge in [-0.3, -0.25) is 0 Å². The van der Waals surface area contributed by atoms with Crippen molar-refractivity contribution in [2.24, 2.45) is 0 Å². The minimum Gasteiger partial charge on any atom is -0.406 e. The van der Waals surface area contributed by atoms with Crippen LogP contribution >= 0.6 is 0 Å². The summed E-state index contributed by atoms with van der Waals surface area (Å²) >= 11 is 0. The maximum absolute atomic E-state index is 12.2. The Balaban J connectivity index is 1.80. The lowest BCUT2D eigenvalue weighted by Gasteiger charge is -2.26. The fraction of sp³-hybridized carbons (Fsp3) is 0.471. The number of rotatable bonds is 3. The number of hydrogen-bond donors (Lipinski definition) is 1. The Hall–Kier alpha value is -2.02. The van der Waals surface area contributed by atoms with Gasteiger partial charge in [-0.2, -0.15) is 5.10 Å².